The Bertz CT molecular complexity index is 1770. The average Bonchev–Trinajstić information content (AvgIpc) is 3.34. The Hall–Kier alpha value is -4.36. The molecule has 6 rings (SSSR count). The normalized spacial score (nSPS) is 19.9. The summed E-state index contributed by atoms with van der Waals surface area (Å²) in [5, 5.41) is 33.7. The molecule has 43 heavy (non-hydrogen) atoms. The first-order valence-corrected chi connectivity index (χ1v) is 14.3. The molecule has 0 radical (unpaired) electrons. The summed E-state index contributed by atoms with van der Waals surface area (Å²) in [4.78, 5) is 53.7. The third-order valence-corrected chi connectivity index (χ3v) is 9.04. The molecule has 4 heterocycles. The van der Waals surface area contributed by atoms with E-state index in [0.29, 0.717) is 59.6 Å². The van der Waals surface area contributed by atoms with E-state index >= 15 is 4.39 Å². The highest BCUT2D eigenvalue weighted by Crippen LogP contribution is 2.45. The Balaban J connectivity index is 1.41. The summed E-state index contributed by atoms with van der Waals surface area (Å²) < 4.78 is 21.8. The molecule has 0 unspecified atom stereocenters. The van der Waals surface area contributed by atoms with E-state index in [-0.39, 0.29) is 54.7 Å². The highest BCUT2D eigenvalue weighted by molar-refractivity contribution is 5.93. The number of halogens is 1. The van der Waals surface area contributed by atoms with Crippen molar-refractivity contribution in [2.24, 2.45) is 0 Å². The molecule has 12 nitrogen and oxygen atoms in total. The zero-order valence-corrected chi connectivity index (χ0v) is 23.7. The summed E-state index contributed by atoms with van der Waals surface area (Å²) in [5.41, 5.74) is 2.55. The standard InChI is InChI=1S/C30H31FN4O8/c1-3-30(42)18-10-22-25-16(12-35(22)26(36)17(18)13-43-27(30)37)24-20(32-8-4-5-9-34(28(38)39)29(40)41)7-6-15-14(2)19(31)11-21(33-25)23(15)24/h10-11,20,32,42H,3-9,12-13H2,1-2H3,(H,38,39)(H,40,41)/t20-,30-/m0/s1. The number of pyridine rings is 2. The van der Waals surface area contributed by atoms with Crippen molar-refractivity contribution in [3.8, 4) is 11.4 Å². The number of aliphatic hydroxyl groups is 1. The largest absolute Gasteiger partial charge is 0.465 e. The van der Waals surface area contributed by atoms with Gasteiger partial charge >= 0.3 is 18.2 Å². The molecule has 0 saturated heterocycles. The first-order chi connectivity index (χ1) is 20.5. The topological polar surface area (TPSA) is 171 Å². The third kappa shape index (κ3) is 4.37. The average molecular weight is 595 g/mol. The lowest BCUT2D eigenvalue weighted by molar-refractivity contribution is -0.172. The van der Waals surface area contributed by atoms with Crippen LogP contribution in [-0.2, 0) is 34.7 Å². The minimum atomic E-state index is -1.96. The number of aryl methyl sites for hydroxylation is 1. The Kier molecular flexibility index (Phi) is 6.97. The molecule has 4 N–H and O–H groups in total. The van der Waals surface area contributed by atoms with Crippen molar-refractivity contribution in [3.05, 3.63) is 61.7 Å². The van der Waals surface area contributed by atoms with Gasteiger partial charge in [-0.15, -0.1) is 0 Å². The number of fused-ring (bicyclic) bond motifs is 5. The number of carbonyl (C=O) groups excluding carboxylic acids is 1. The van der Waals surface area contributed by atoms with Crippen LogP contribution in [0.3, 0.4) is 0 Å². The number of nitrogens with zero attached hydrogens (tertiary/aromatic N) is 3. The molecule has 0 bridgehead atoms. The predicted octanol–water partition coefficient (Wildman–Crippen LogP) is 3.54. The Morgan fingerprint density at radius 3 is 2.63 bits per heavy atom. The lowest BCUT2D eigenvalue weighted by Crippen LogP contribution is -2.44. The molecule has 1 aliphatic carbocycles. The maximum Gasteiger partial charge on any atom is 0.416 e. The number of aromatic nitrogens is 2. The number of unbranched alkanes of at least 4 members (excludes halogenated alkanes) is 1. The van der Waals surface area contributed by atoms with Gasteiger partial charge < -0.3 is 29.9 Å². The van der Waals surface area contributed by atoms with Gasteiger partial charge in [0, 0.05) is 35.2 Å². The van der Waals surface area contributed by atoms with Crippen molar-refractivity contribution in [1.82, 2.24) is 19.8 Å². The molecule has 0 fully saturated rings. The highest BCUT2D eigenvalue weighted by atomic mass is 19.1. The van der Waals surface area contributed by atoms with Crippen molar-refractivity contribution < 1.29 is 38.8 Å². The van der Waals surface area contributed by atoms with Gasteiger partial charge in [-0.3, -0.25) is 4.79 Å². The molecule has 2 aliphatic heterocycles. The van der Waals surface area contributed by atoms with Gasteiger partial charge in [-0.1, -0.05) is 6.92 Å². The fourth-order valence-corrected chi connectivity index (χ4v) is 6.70. The number of esters is 1. The van der Waals surface area contributed by atoms with Gasteiger partial charge in [0.25, 0.3) is 5.56 Å². The number of hydrogen-bond donors (Lipinski definition) is 4. The molecule has 13 heteroatoms. The minimum Gasteiger partial charge on any atom is -0.465 e. The molecule has 226 valence electrons. The fraction of sp³-hybridized carbons (Fsp3) is 0.433. The predicted molar refractivity (Wildman–Crippen MR) is 150 cm³/mol. The Morgan fingerprint density at radius 1 is 1.19 bits per heavy atom. The van der Waals surface area contributed by atoms with Crippen LogP contribution < -0.4 is 10.9 Å². The van der Waals surface area contributed by atoms with Crippen LogP contribution in [0.2, 0.25) is 0 Å². The van der Waals surface area contributed by atoms with E-state index in [1.807, 2.05) is 0 Å². The van der Waals surface area contributed by atoms with Crippen LogP contribution in [0, 0.1) is 12.7 Å². The number of hydrogen-bond acceptors (Lipinski definition) is 8. The fourth-order valence-electron chi connectivity index (χ4n) is 6.70. The van der Waals surface area contributed by atoms with E-state index < -0.39 is 23.8 Å². The number of amides is 2. The van der Waals surface area contributed by atoms with E-state index in [9.17, 15) is 24.3 Å². The number of cyclic esters (lactones) is 1. The quantitative estimate of drug-likeness (QED) is 0.183. The minimum absolute atomic E-state index is 0.0154. The van der Waals surface area contributed by atoms with Crippen LogP contribution in [0.15, 0.2) is 16.9 Å². The Morgan fingerprint density at radius 2 is 1.93 bits per heavy atom. The second-order valence-electron chi connectivity index (χ2n) is 11.3. The number of benzene rings is 1. The van der Waals surface area contributed by atoms with Crippen molar-refractivity contribution in [2.45, 2.75) is 70.7 Å². The van der Waals surface area contributed by atoms with Crippen molar-refractivity contribution in [2.75, 3.05) is 13.1 Å². The van der Waals surface area contributed by atoms with Crippen molar-refractivity contribution in [3.63, 3.8) is 0 Å². The molecule has 2 aromatic heterocycles. The first-order valence-electron chi connectivity index (χ1n) is 14.3. The monoisotopic (exact) mass is 594 g/mol. The number of carboxylic acid groups (broad SMARTS) is 2. The van der Waals surface area contributed by atoms with Gasteiger partial charge in [-0.05, 0) is 68.3 Å². The zero-order valence-electron chi connectivity index (χ0n) is 23.7. The maximum absolute atomic E-state index is 15.1. The van der Waals surface area contributed by atoms with Gasteiger partial charge in [0.15, 0.2) is 5.60 Å². The van der Waals surface area contributed by atoms with E-state index in [4.69, 9.17) is 19.9 Å². The second kappa shape index (κ2) is 10.4. The number of rotatable bonds is 7. The third-order valence-electron chi connectivity index (χ3n) is 9.04. The van der Waals surface area contributed by atoms with Crippen LogP contribution in [0.25, 0.3) is 22.3 Å². The SMILES string of the molecule is CC[C@@]1(O)C(=O)OCc2c1cc1n(c2=O)Cc2c-1nc1cc(F)c(C)c3c1c2[C@@H](NCCCCN(C(=O)O)C(=O)O)CC3. The van der Waals surface area contributed by atoms with Crippen molar-refractivity contribution >= 4 is 29.1 Å². The van der Waals surface area contributed by atoms with E-state index in [2.05, 4.69) is 5.32 Å². The summed E-state index contributed by atoms with van der Waals surface area (Å²) in [6.07, 6.45) is -0.953. The number of ether oxygens (including phenoxy) is 1. The lowest BCUT2D eigenvalue weighted by Gasteiger charge is -2.31. The number of carbonyl (C=O) groups is 3. The smallest absolute Gasteiger partial charge is 0.416 e. The molecule has 2 atom stereocenters. The van der Waals surface area contributed by atoms with E-state index in [0.717, 1.165) is 22.1 Å². The molecule has 0 spiro atoms. The van der Waals surface area contributed by atoms with Gasteiger partial charge in [0.1, 0.15) is 12.4 Å². The van der Waals surface area contributed by atoms with Crippen LogP contribution in [0.1, 0.15) is 72.0 Å². The highest BCUT2D eigenvalue weighted by Gasteiger charge is 2.46. The molecule has 3 aromatic rings. The summed E-state index contributed by atoms with van der Waals surface area (Å²) in [5.74, 6) is -1.19. The van der Waals surface area contributed by atoms with Crippen LogP contribution in [0.5, 0.6) is 0 Å². The van der Waals surface area contributed by atoms with E-state index in [1.165, 1.54) is 6.07 Å². The second-order valence-corrected chi connectivity index (χ2v) is 11.3. The maximum atomic E-state index is 15.1. The molecule has 2 amide bonds. The van der Waals surface area contributed by atoms with E-state index in [1.54, 1.807) is 24.5 Å². The van der Waals surface area contributed by atoms with Crippen LogP contribution in [0.4, 0.5) is 14.0 Å². The van der Waals surface area contributed by atoms with Gasteiger partial charge in [-0.2, -0.15) is 0 Å². The van der Waals surface area contributed by atoms with Crippen molar-refractivity contribution in [1.29, 1.82) is 0 Å². The summed E-state index contributed by atoms with van der Waals surface area (Å²) in [6.45, 7) is 3.65. The number of nitrogens with one attached hydrogen (secondary N) is 1. The summed E-state index contributed by atoms with van der Waals surface area (Å²) in [7, 11) is 0. The van der Waals surface area contributed by atoms with Gasteiger partial charge in [0.05, 0.1) is 29.0 Å². The first kappa shape index (κ1) is 28.7. The molecular formula is C30H31FN4O8. The molecule has 0 saturated carbocycles. The molecular weight excluding hydrogens is 563 g/mol. The van der Waals surface area contributed by atoms with Gasteiger partial charge in [0.2, 0.25) is 0 Å². The molecule has 1 aromatic carbocycles. The summed E-state index contributed by atoms with van der Waals surface area (Å²) >= 11 is 0. The van der Waals surface area contributed by atoms with Gasteiger partial charge in [-0.25, -0.2) is 28.7 Å². The molecule has 3 aliphatic rings. The Labute approximate surface area is 244 Å². The van der Waals surface area contributed by atoms with Crippen LogP contribution >= 0.6 is 0 Å². The summed E-state index contributed by atoms with van der Waals surface area (Å²) in [6, 6.07) is 2.83. The zero-order chi connectivity index (χ0) is 30.8. The lowest BCUT2D eigenvalue weighted by atomic mass is 9.81. The van der Waals surface area contributed by atoms with Crippen LogP contribution in [-0.4, -0.2) is 61.0 Å². The number of imide groups is 1.